The van der Waals surface area contributed by atoms with Crippen LogP contribution in [0.5, 0.6) is 5.75 Å². The van der Waals surface area contributed by atoms with Gasteiger partial charge in [-0.05, 0) is 114 Å². The molecule has 1 spiro atoms. The van der Waals surface area contributed by atoms with E-state index in [1.54, 1.807) is 10.6 Å². The van der Waals surface area contributed by atoms with Gasteiger partial charge < -0.3 is 20.1 Å². The van der Waals surface area contributed by atoms with Crippen LogP contribution in [0, 0.1) is 11.3 Å². The SMILES string of the molecule is CCCc1cc(Nc2nc(=O)n(CCC(=O)NC3C=CC(OC(C)C)=C(Cl)C3)c(=O)n2CC2CCC3(CC2)CC3)ccc1OC(C)C. The summed E-state index contributed by atoms with van der Waals surface area (Å²) in [6.45, 7) is 10.4. The standard InChI is InChI=1S/C36H50ClN5O5/c1-6-7-26-20-27(8-10-30(26)46-23(2)3)39-33-40-34(44)41(35(45)42(33)22-25-12-15-36(16-13-25)17-18-36)19-14-32(43)38-28-9-11-31(29(37)21-28)47-24(4)5/h8-11,20,23-25,28H,6-7,12-19,21-22H2,1-5H3,(H,38,43)(H,39,40,44). The Kier molecular flexibility index (Phi) is 11.2. The highest BCUT2D eigenvalue weighted by atomic mass is 35.5. The minimum absolute atomic E-state index is 0.0107. The number of carbonyl (C=O) groups is 1. The molecule has 1 heterocycles. The number of amides is 1. The summed E-state index contributed by atoms with van der Waals surface area (Å²) in [5, 5.41) is 6.76. The third-order valence-corrected chi connectivity index (χ3v) is 9.67. The van der Waals surface area contributed by atoms with Crippen molar-refractivity contribution in [2.75, 3.05) is 5.32 Å². The average Bonchev–Trinajstić information content (AvgIpc) is 3.77. The number of aryl methyl sites for hydroxylation is 1. The van der Waals surface area contributed by atoms with Crippen LogP contribution in [0.3, 0.4) is 0 Å². The van der Waals surface area contributed by atoms with Crippen molar-refractivity contribution in [3.63, 3.8) is 0 Å². The largest absolute Gasteiger partial charge is 0.491 e. The molecule has 5 rings (SSSR count). The second-order valence-corrected chi connectivity index (χ2v) is 14.4. The summed E-state index contributed by atoms with van der Waals surface area (Å²) >= 11 is 6.40. The number of benzene rings is 1. The highest BCUT2D eigenvalue weighted by Gasteiger charge is 2.44. The van der Waals surface area contributed by atoms with Gasteiger partial charge in [-0.1, -0.05) is 31.0 Å². The molecule has 0 saturated heterocycles. The number of aromatic nitrogens is 3. The Labute approximate surface area is 282 Å². The first-order valence-electron chi connectivity index (χ1n) is 17.3. The van der Waals surface area contributed by atoms with Crippen molar-refractivity contribution < 1.29 is 14.3 Å². The molecule has 1 aromatic carbocycles. The van der Waals surface area contributed by atoms with E-state index in [0.29, 0.717) is 35.1 Å². The van der Waals surface area contributed by atoms with Gasteiger partial charge in [0.25, 0.3) is 0 Å². The molecule has 1 amide bonds. The molecular formula is C36H50ClN5O5. The molecule has 1 atom stereocenters. The number of hydrogen-bond acceptors (Lipinski definition) is 7. The quantitative estimate of drug-likeness (QED) is 0.234. The molecule has 2 aromatic rings. The fraction of sp³-hybridized carbons (Fsp3) is 0.611. The fourth-order valence-corrected chi connectivity index (χ4v) is 6.89. The molecule has 3 aliphatic rings. The van der Waals surface area contributed by atoms with Crippen molar-refractivity contribution in [1.82, 2.24) is 19.4 Å². The number of nitrogens with zero attached hydrogens (tertiary/aromatic N) is 3. The Bertz CT molecular complexity index is 1610. The lowest BCUT2D eigenvalue weighted by atomic mass is 9.80. The van der Waals surface area contributed by atoms with E-state index in [-0.39, 0.29) is 43.1 Å². The molecule has 0 radical (unpaired) electrons. The smallest absolute Gasteiger partial charge is 0.354 e. The normalized spacial score (nSPS) is 19.0. The summed E-state index contributed by atoms with van der Waals surface area (Å²) in [5.74, 6) is 1.68. The van der Waals surface area contributed by atoms with Crippen LogP contribution in [0.25, 0.3) is 0 Å². The van der Waals surface area contributed by atoms with Crippen molar-refractivity contribution in [2.24, 2.45) is 11.3 Å². The summed E-state index contributed by atoms with van der Waals surface area (Å²) in [5.41, 5.74) is 1.17. The minimum Gasteiger partial charge on any atom is -0.491 e. The molecule has 2 saturated carbocycles. The van der Waals surface area contributed by atoms with Crippen LogP contribution < -0.4 is 26.7 Å². The monoisotopic (exact) mass is 667 g/mol. The molecule has 11 heteroatoms. The van der Waals surface area contributed by atoms with E-state index in [9.17, 15) is 14.4 Å². The predicted molar refractivity (Wildman–Crippen MR) is 185 cm³/mol. The number of nitrogens with one attached hydrogen (secondary N) is 2. The van der Waals surface area contributed by atoms with Gasteiger partial charge in [-0.25, -0.2) is 14.2 Å². The zero-order chi connectivity index (χ0) is 33.7. The van der Waals surface area contributed by atoms with E-state index in [1.807, 2.05) is 52.0 Å². The minimum atomic E-state index is -0.685. The summed E-state index contributed by atoms with van der Waals surface area (Å²) in [7, 11) is 0. The molecule has 2 fully saturated rings. The van der Waals surface area contributed by atoms with Gasteiger partial charge in [-0.3, -0.25) is 9.36 Å². The van der Waals surface area contributed by atoms with Gasteiger partial charge in [0.1, 0.15) is 11.5 Å². The Morgan fingerprint density at radius 3 is 2.43 bits per heavy atom. The lowest BCUT2D eigenvalue weighted by Crippen LogP contribution is -2.44. The summed E-state index contributed by atoms with van der Waals surface area (Å²) in [6.07, 6.45) is 12.9. The van der Waals surface area contributed by atoms with Gasteiger partial charge in [-0.15, -0.1) is 0 Å². The Morgan fingerprint density at radius 1 is 1.06 bits per heavy atom. The third kappa shape index (κ3) is 9.09. The first kappa shape index (κ1) is 34.8. The Hall–Kier alpha value is -3.53. The maximum absolute atomic E-state index is 14.0. The van der Waals surface area contributed by atoms with E-state index in [4.69, 9.17) is 21.1 Å². The number of anilines is 2. The number of hydrogen-bond donors (Lipinski definition) is 2. The van der Waals surface area contributed by atoms with E-state index in [0.717, 1.165) is 47.3 Å². The van der Waals surface area contributed by atoms with Crippen LogP contribution >= 0.6 is 11.6 Å². The topological polar surface area (TPSA) is 116 Å². The van der Waals surface area contributed by atoms with Crippen LogP contribution in [0.1, 0.15) is 98.0 Å². The number of rotatable bonds is 14. The van der Waals surface area contributed by atoms with Crippen molar-refractivity contribution in [2.45, 2.75) is 130 Å². The van der Waals surface area contributed by atoms with Crippen molar-refractivity contribution >= 4 is 29.1 Å². The van der Waals surface area contributed by atoms with Gasteiger partial charge >= 0.3 is 11.4 Å². The lowest BCUT2D eigenvalue weighted by molar-refractivity contribution is -0.121. The van der Waals surface area contributed by atoms with Gasteiger partial charge in [0.2, 0.25) is 11.9 Å². The molecule has 47 heavy (non-hydrogen) atoms. The van der Waals surface area contributed by atoms with Crippen molar-refractivity contribution in [1.29, 1.82) is 0 Å². The van der Waals surface area contributed by atoms with Crippen LogP contribution in [0.4, 0.5) is 11.6 Å². The van der Waals surface area contributed by atoms with Gasteiger partial charge in [0.15, 0.2) is 0 Å². The van der Waals surface area contributed by atoms with Gasteiger partial charge in [-0.2, -0.15) is 4.98 Å². The number of ether oxygens (including phenoxy) is 2. The predicted octanol–water partition coefficient (Wildman–Crippen LogP) is 6.57. The number of halogens is 1. The molecular weight excluding hydrogens is 618 g/mol. The van der Waals surface area contributed by atoms with E-state index < -0.39 is 11.4 Å². The maximum atomic E-state index is 14.0. The van der Waals surface area contributed by atoms with E-state index >= 15 is 0 Å². The van der Waals surface area contributed by atoms with Crippen LogP contribution in [0.15, 0.2) is 50.7 Å². The van der Waals surface area contributed by atoms with Gasteiger partial charge in [0.05, 0.1) is 23.3 Å². The Balaban J connectivity index is 1.34. The maximum Gasteiger partial charge on any atom is 0.354 e. The second kappa shape index (κ2) is 15.1. The van der Waals surface area contributed by atoms with Crippen molar-refractivity contribution in [3.05, 3.63) is 67.7 Å². The van der Waals surface area contributed by atoms with Crippen LogP contribution in [-0.2, 0) is 29.0 Å². The molecule has 0 aliphatic heterocycles. The highest BCUT2D eigenvalue weighted by molar-refractivity contribution is 6.30. The highest BCUT2D eigenvalue weighted by Crippen LogP contribution is 2.57. The zero-order valence-corrected chi connectivity index (χ0v) is 29.2. The molecule has 0 bridgehead atoms. The Morgan fingerprint density at radius 2 is 1.79 bits per heavy atom. The fourth-order valence-electron chi connectivity index (χ4n) is 6.61. The first-order valence-corrected chi connectivity index (χ1v) is 17.6. The zero-order valence-electron chi connectivity index (χ0n) is 28.4. The second-order valence-electron chi connectivity index (χ2n) is 14.0. The number of allylic oxidation sites excluding steroid dienone is 1. The van der Waals surface area contributed by atoms with Crippen molar-refractivity contribution in [3.8, 4) is 5.75 Å². The third-order valence-electron chi connectivity index (χ3n) is 9.33. The van der Waals surface area contributed by atoms with Crippen LogP contribution in [-0.4, -0.2) is 38.3 Å². The molecule has 256 valence electrons. The van der Waals surface area contributed by atoms with E-state index in [1.165, 1.54) is 25.7 Å². The summed E-state index contributed by atoms with van der Waals surface area (Å²) in [6, 6.07) is 5.52. The lowest BCUT2D eigenvalue weighted by Gasteiger charge is -2.29. The summed E-state index contributed by atoms with van der Waals surface area (Å²) < 4.78 is 14.4. The summed E-state index contributed by atoms with van der Waals surface area (Å²) in [4.78, 5) is 44.6. The molecule has 3 aliphatic carbocycles. The molecule has 1 unspecified atom stereocenters. The van der Waals surface area contributed by atoms with Crippen LogP contribution in [0.2, 0.25) is 0 Å². The first-order chi connectivity index (χ1) is 22.4. The van der Waals surface area contributed by atoms with E-state index in [2.05, 4.69) is 22.5 Å². The average molecular weight is 668 g/mol. The molecule has 1 aromatic heterocycles. The molecule has 10 nitrogen and oxygen atoms in total. The van der Waals surface area contributed by atoms with Gasteiger partial charge in [0, 0.05) is 31.6 Å². The molecule has 2 N–H and O–H groups in total. The number of carbonyl (C=O) groups excluding carboxylic acids is 1.